The van der Waals surface area contributed by atoms with Gasteiger partial charge in [0.25, 0.3) is 0 Å². The summed E-state index contributed by atoms with van der Waals surface area (Å²) in [6, 6.07) is 2.00. The van der Waals surface area contributed by atoms with E-state index in [-0.39, 0.29) is 35.3 Å². The van der Waals surface area contributed by atoms with Crippen LogP contribution in [0.4, 0.5) is 0 Å². The highest BCUT2D eigenvalue weighted by Gasteiger charge is 2.67. The lowest BCUT2D eigenvalue weighted by Gasteiger charge is -2.61. The second-order valence-electron chi connectivity index (χ2n) is 15.1. The molecule has 7 nitrogen and oxygen atoms in total. The molecule has 0 radical (unpaired) electrons. The summed E-state index contributed by atoms with van der Waals surface area (Å²) in [5.74, 6) is 3.09. The standard InChI is InChI=1S/C36H52N2O5/c1-22(2)38(32(41)12-8-7-11-24-9-5-4-6-10-24)28-16-15-27-29-19-26-30(40)20-31(42-23(3)39)34-33(26)36(27,35(28)43-34)17-18-37(29)21-25-13-14-25/h20,22,24-25,27-29,35,40H,4-19,21H2,1-3H3/t27-,28-,29+,35-,36-/m0/s1. The number of piperidine rings is 1. The van der Waals surface area contributed by atoms with E-state index >= 15 is 0 Å². The molecule has 4 fully saturated rings. The van der Waals surface area contributed by atoms with E-state index in [9.17, 15) is 14.7 Å². The van der Waals surface area contributed by atoms with Gasteiger partial charge in [-0.3, -0.25) is 14.5 Å². The van der Waals surface area contributed by atoms with Crippen molar-refractivity contribution in [3.05, 3.63) is 17.2 Å². The molecule has 1 saturated heterocycles. The molecule has 3 saturated carbocycles. The van der Waals surface area contributed by atoms with Crippen molar-refractivity contribution in [2.45, 2.75) is 147 Å². The maximum atomic E-state index is 14.0. The van der Waals surface area contributed by atoms with E-state index in [1.165, 1.54) is 58.3 Å². The van der Waals surface area contributed by atoms with Crippen molar-refractivity contribution in [2.24, 2.45) is 17.8 Å². The summed E-state index contributed by atoms with van der Waals surface area (Å²) in [5.41, 5.74) is 1.77. The fourth-order valence-corrected chi connectivity index (χ4v) is 10.2. The van der Waals surface area contributed by atoms with Crippen molar-refractivity contribution in [3.63, 3.8) is 0 Å². The number of unbranched alkanes of at least 4 members (excludes halogenated alkanes) is 1. The minimum Gasteiger partial charge on any atom is -0.508 e. The Morgan fingerprint density at radius 3 is 2.60 bits per heavy atom. The summed E-state index contributed by atoms with van der Waals surface area (Å²) < 4.78 is 12.7. The summed E-state index contributed by atoms with van der Waals surface area (Å²) in [6.45, 7) is 7.86. The van der Waals surface area contributed by atoms with Crippen LogP contribution in [0.15, 0.2) is 6.07 Å². The van der Waals surface area contributed by atoms with Gasteiger partial charge in [0, 0.05) is 54.6 Å². The van der Waals surface area contributed by atoms with Crippen LogP contribution >= 0.6 is 0 Å². The molecule has 43 heavy (non-hydrogen) atoms. The number of benzene rings is 1. The number of carbonyl (C=O) groups excluding carboxylic acids is 2. The third-order valence-corrected chi connectivity index (χ3v) is 12.1. The van der Waals surface area contributed by atoms with Crippen LogP contribution in [0.2, 0.25) is 0 Å². The lowest BCUT2D eigenvalue weighted by molar-refractivity contribution is -0.146. The van der Waals surface area contributed by atoms with Gasteiger partial charge in [-0.1, -0.05) is 44.9 Å². The third-order valence-electron chi connectivity index (χ3n) is 12.1. The van der Waals surface area contributed by atoms with Crippen molar-refractivity contribution in [3.8, 4) is 17.2 Å². The quantitative estimate of drug-likeness (QED) is 0.190. The molecule has 6 aliphatic rings. The number of likely N-dealkylation sites (tertiary alicyclic amines) is 1. The van der Waals surface area contributed by atoms with Crippen molar-refractivity contribution >= 4 is 11.9 Å². The van der Waals surface area contributed by atoms with Crippen LogP contribution < -0.4 is 9.47 Å². The average Bonchev–Trinajstić information content (AvgIpc) is 3.73. The number of carbonyl (C=O) groups is 2. The SMILES string of the molecule is CC(=O)Oc1cc(O)c2c3c1O[C@H]1[C@@H](N(C(=O)CCCCC4CCCCC4)C(C)C)CC[C@H]4[C@@H](C2)N(CC2CC2)CC[C@@]341. The van der Waals surface area contributed by atoms with Crippen LogP contribution in [0.5, 0.6) is 17.2 Å². The number of phenolic OH excluding ortho intramolecular Hbond substituents is 1. The molecule has 1 spiro atoms. The first-order chi connectivity index (χ1) is 20.8. The highest BCUT2D eigenvalue weighted by Crippen LogP contribution is 2.66. The first-order valence-corrected chi connectivity index (χ1v) is 17.6. The molecule has 4 aliphatic carbocycles. The first kappa shape index (κ1) is 29.4. The Morgan fingerprint density at radius 2 is 1.88 bits per heavy atom. The summed E-state index contributed by atoms with van der Waals surface area (Å²) >= 11 is 0. The van der Waals surface area contributed by atoms with Crippen molar-refractivity contribution in [1.29, 1.82) is 0 Å². The molecule has 236 valence electrons. The van der Waals surface area contributed by atoms with Crippen molar-refractivity contribution in [1.82, 2.24) is 9.80 Å². The van der Waals surface area contributed by atoms with E-state index in [4.69, 9.17) is 9.47 Å². The molecular weight excluding hydrogens is 540 g/mol. The number of ether oxygens (including phenoxy) is 2. The van der Waals surface area contributed by atoms with Crippen LogP contribution in [-0.4, -0.2) is 64.1 Å². The Bertz CT molecular complexity index is 1240. The summed E-state index contributed by atoms with van der Waals surface area (Å²) in [4.78, 5) is 31.0. The maximum Gasteiger partial charge on any atom is 0.308 e. The lowest BCUT2D eigenvalue weighted by Crippen LogP contribution is -2.69. The molecular formula is C36H52N2O5. The van der Waals surface area contributed by atoms with Gasteiger partial charge in [-0.25, -0.2) is 0 Å². The van der Waals surface area contributed by atoms with Gasteiger partial charge in [-0.15, -0.1) is 0 Å². The second-order valence-corrected chi connectivity index (χ2v) is 15.1. The molecule has 1 amide bonds. The molecule has 5 atom stereocenters. The number of hydrogen-bond donors (Lipinski definition) is 1. The molecule has 2 aliphatic heterocycles. The number of hydrogen-bond acceptors (Lipinski definition) is 6. The second kappa shape index (κ2) is 11.6. The van der Waals surface area contributed by atoms with Gasteiger partial charge in [-0.05, 0) is 83.1 Å². The zero-order valence-electron chi connectivity index (χ0n) is 26.6. The van der Waals surface area contributed by atoms with Gasteiger partial charge >= 0.3 is 5.97 Å². The van der Waals surface area contributed by atoms with Crippen LogP contribution in [0, 0.1) is 17.8 Å². The van der Waals surface area contributed by atoms with Gasteiger partial charge in [0.15, 0.2) is 11.5 Å². The lowest BCUT2D eigenvalue weighted by atomic mass is 9.50. The molecule has 1 aromatic rings. The Hall–Kier alpha value is -2.28. The Balaban J connectivity index is 1.18. The van der Waals surface area contributed by atoms with Gasteiger partial charge in [0.2, 0.25) is 5.91 Å². The molecule has 2 bridgehead atoms. The summed E-state index contributed by atoms with van der Waals surface area (Å²) in [7, 11) is 0. The van der Waals surface area contributed by atoms with Crippen molar-refractivity contribution in [2.75, 3.05) is 13.1 Å². The smallest absolute Gasteiger partial charge is 0.308 e. The summed E-state index contributed by atoms with van der Waals surface area (Å²) in [6.07, 6.45) is 17.0. The molecule has 0 aromatic heterocycles. The Kier molecular flexibility index (Phi) is 7.92. The zero-order chi connectivity index (χ0) is 29.9. The van der Waals surface area contributed by atoms with E-state index in [2.05, 4.69) is 23.6 Å². The van der Waals surface area contributed by atoms with E-state index in [1.807, 2.05) is 0 Å². The van der Waals surface area contributed by atoms with E-state index in [1.54, 1.807) is 6.07 Å². The minimum absolute atomic E-state index is 0.0385. The maximum absolute atomic E-state index is 14.0. The Morgan fingerprint density at radius 1 is 1.09 bits per heavy atom. The molecule has 1 N–H and O–H groups in total. The van der Waals surface area contributed by atoms with Crippen molar-refractivity contribution < 1.29 is 24.2 Å². The van der Waals surface area contributed by atoms with E-state index in [0.717, 1.165) is 74.6 Å². The summed E-state index contributed by atoms with van der Waals surface area (Å²) in [5, 5.41) is 11.4. The topological polar surface area (TPSA) is 79.3 Å². The normalized spacial score (nSPS) is 31.4. The van der Waals surface area contributed by atoms with Crippen LogP contribution in [0.25, 0.3) is 0 Å². The molecule has 0 unspecified atom stereocenters. The van der Waals surface area contributed by atoms with Crippen LogP contribution in [-0.2, 0) is 21.4 Å². The average molecular weight is 593 g/mol. The largest absolute Gasteiger partial charge is 0.508 e. The highest BCUT2D eigenvalue weighted by atomic mass is 16.6. The number of esters is 1. The van der Waals surface area contributed by atoms with Crippen LogP contribution in [0.3, 0.4) is 0 Å². The number of phenols is 1. The molecule has 7 rings (SSSR count). The van der Waals surface area contributed by atoms with E-state index in [0.29, 0.717) is 29.9 Å². The molecule has 2 heterocycles. The minimum atomic E-state index is -0.417. The molecule has 7 heteroatoms. The highest BCUT2D eigenvalue weighted by molar-refractivity contribution is 5.77. The molecule has 1 aromatic carbocycles. The number of rotatable bonds is 10. The fourth-order valence-electron chi connectivity index (χ4n) is 10.2. The zero-order valence-corrected chi connectivity index (χ0v) is 26.6. The predicted molar refractivity (Wildman–Crippen MR) is 165 cm³/mol. The fraction of sp³-hybridized carbons (Fsp3) is 0.778. The predicted octanol–water partition coefficient (Wildman–Crippen LogP) is 6.51. The van der Waals surface area contributed by atoms with Crippen LogP contribution in [0.1, 0.15) is 122 Å². The van der Waals surface area contributed by atoms with Gasteiger partial charge in [-0.2, -0.15) is 0 Å². The van der Waals surface area contributed by atoms with E-state index < -0.39 is 5.97 Å². The third kappa shape index (κ3) is 5.15. The monoisotopic (exact) mass is 592 g/mol. The Labute approximate surface area is 257 Å². The first-order valence-electron chi connectivity index (χ1n) is 17.6. The number of amides is 1. The van der Waals surface area contributed by atoms with Gasteiger partial charge < -0.3 is 19.5 Å². The van der Waals surface area contributed by atoms with Gasteiger partial charge in [0.1, 0.15) is 11.9 Å². The van der Waals surface area contributed by atoms with Gasteiger partial charge in [0.05, 0.1) is 6.04 Å². The number of nitrogens with zero attached hydrogens (tertiary/aromatic N) is 2. The number of aromatic hydroxyl groups is 1.